The van der Waals surface area contributed by atoms with Crippen LogP contribution in [0, 0.1) is 12.8 Å². The van der Waals surface area contributed by atoms with Gasteiger partial charge in [-0.25, -0.2) is 0 Å². The summed E-state index contributed by atoms with van der Waals surface area (Å²) in [5.41, 5.74) is 2.32. The van der Waals surface area contributed by atoms with Gasteiger partial charge in [0.25, 0.3) is 0 Å². The van der Waals surface area contributed by atoms with Crippen molar-refractivity contribution in [2.75, 3.05) is 6.61 Å². The predicted molar refractivity (Wildman–Crippen MR) is 90.5 cm³/mol. The number of aliphatic hydroxyl groups is 1. The molecule has 1 aliphatic rings. The maximum Gasteiger partial charge on any atom is 0.145 e. The molecule has 23 heavy (non-hydrogen) atoms. The first-order valence-corrected chi connectivity index (χ1v) is 7.94. The minimum absolute atomic E-state index is 0.230. The Labute approximate surface area is 136 Å². The van der Waals surface area contributed by atoms with Crippen molar-refractivity contribution in [1.82, 2.24) is 10.3 Å². The Morgan fingerprint density at radius 3 is 2.91 bits per heavy atom. The Bertz CT molecular complexity index is 670. The van der Waals surface area contributed by atoms with E-state index in [4.69, 9.17) is 9.84 Å². The number of aromatic nitrogens is 1. The summed E-state index contributed by atoms with van der Waals surface area (Å²) in [6.07, 6.45) is 8.64. The SMILES string of the molecule is Cc1cc(CN[C@@H]2C=C[C@H](CO)C2)ccc1Oc1cccnc1. The maximum absolute atomic E-state index is 9.16. The van der Waals surface area contributed by atoms with Crippen molar-refractivity contribution < 1.29 is 9.84 Å². The van der Waals surface area contributed by atoms with E-state index < -0.39 is 0 Å². The van der Waals surface area contributed by atoms with Gasteiger partial charge in [0, 0.05) is 31.3 Å². The van der Waals surface area contributed by atoms with E-state index in [-0.39, 0.29) is 6.61 Å². The predicted octanol–water partition coefficient (Wildman–Crippen LogP) is 3.21. The molecule has 0 aliphatic heterocycles. The molecule has 2 N–H and O–H groups in total. The molecule has 0 unspecified atom stereocenters. The quantitative estimate of drug-likeness (QED) is 0.805. The number of pyridine rings is 1. The fraction of sp³-hybridized carbons (Fsp3) is 0.316. The highest BCUT2D eigenvalue weighted by molar-refractivity contribution is 5.39. The molecule has 2 aromatic rings. The average molecular weight is 310 g/mol. The first-order chi connectivity index (χ1) is 11.2. The van der Waals surface area contributed by atoms with Crippen molar-refractivity contribution in [1.29, 1.82) is 0 Å². The lowest BCUT2D eigenvalue weighted by Crippen LogP contribution is -2.26. The normalized spacial score (nSPS) is 19.9. The standard InChI is InChI=1S/C19H22N2O2/c1-14-9-15(11-21-17-6-4-16(10-17)13-22)5-7-19(14)23-18-3-2-8-20-12-18/h2-9,12,16-17,21-22H,10-11,13H2,1H3/t16-,17+/m0/s1. The fourth-order valence-corrected chi connectivity index (χ4v) is 2.78. The summed E-state index contributed by atoms with van der Waals surface area (Å²) in [6, 6.07) is 10.3. The smallest absolute Gasteiger partial charge is 0.145 e. The third-order valence-corrected chi connectivity index (χ3v) is 4.08. The molecule has 4 nitrogen and oxygen atoms in total. The minimum Gasteiger partial charge on any atom is -0.455 e. The Morgan fingerprint density at radius 2 is 2.22 bits per heavy atom. The molecule has 0 radical (unpaired) electrons. The van der Waals surface area contributed by atoms with Crippen molar-refractivity contribution in [2.24, 2.45) is 5.92 Å². The molecule has 0 saturated carbocycles. The van der Waals surface area contributed by atoms with Gasteiger partial charge in [-0.3, -0.25) is 4.98 Å². The lowest BCUT2D eigenvalue weighted by Gasteiger charge is -2.14. The van der Waals surface area contributed by atoms with E-state index >= 15 is 0 Å². The molecule has 1 aromatic carbocycles. The monoisotopic (exact) mass is 310 g/mol. The lowest BCUT2D eigenvalue weighted by molar-refractivity contribution is 0.246. The molecule has 1 aliphatic carbocycles. The summed E-state index contributed by atoms with van der Waals surface area (Å²) >= 11 is 0. The molecule has 2 atom stereocenters. The molecule has 1 heterocycles. The van der Waals surface area contributed by atoms with Crippen LogP contribution in [-0.4, -0.2) is 22.7 Å². The average Bonchev–Trinajstić information content (AvgIpc) is 3.04. The number of rotatable bonds is 6. The minimum atomic E-state index is 0.230. The van der Waals surface area contributed by atoms with Gasteiger partial charge in [-0.1, -0.05) is 24.3 Å². The number of benzene rings is 1. The van der Waals surface area contributed by atoms with Gasteiger partial charge in [0.05, 0.1) is 6.20 Å². The molecule has 120 valence electrons. The van der Waals surface area contributed by atoms with E-state index in [9.17, 15) is 0 Å². The van der Waals surface area contributed by atoms with Crippen LogP contribution < -0.4 is 10.1 Å². The number of hydrogen-bond donors (Lipinski definition) is 2. The van der Waals surface area contributed by atoms with Crippen LogP contribution in [-0.2, 0) is 6.54 Å². The highest BCUT2D eigenvalue weighted by Crippen LogP contribution is 2.25. The van der Waals surface area contributed by atoms with Crippen LogP contribution in [0.3, 0.4) is 0 Å². The van der Waals surface area contributed by atoms with E-state index in [1.54, 1.807) is 12.4 Å². The second-order valence-electron chi connectivity index (χ2n) is 5.94. The second kappa shape index (κ2) is 7.40. The van der Waals surface area contributed by atoms with Gasteiger partial charge in [0.2, 0.25) is 0 Å². The van der Waals surface area contributed by atoms with Gasteiger partial charge in [-0.15, -0.1) is 0 Å². The van der Waals surface area contributed by atoms with E-state index in [0.29, 0.717) is 12.0 Å². The summed E-state index contributed by atoms with van der Waals surface area (Å²) in [7, 11) is 0. The first kappa shape index (κ1) is 15.7. The van der Waals surface area contributed by atoms with Gasteiger partial charge < -0.3 is 15.2 Å². The Balaban J connectivity index is 1.58. The molecule has 1 aromatic heterocycles. The first-order valence-electron chi connectivity index (χ1n) is 7.94. The van der Waals surface area contributed by atoms with Crippen LogP contribution in [0.5, 0.6) is 11.5 Å². The van der Waals surface area contributed by atoms with Gasteiger partial charge >= 0.3 is 0 Å². The maximum atomic E-state index is 9.16. The molecule has 0 spiro atoms. The van der Waals surface area contributed by atoms with Crippen LogP contribution in [0.2, 0.25) is 0 Å². The number of aliphatic hydroxyl groups excluding tert-OH is 1. The zero-order valence-electron chi connectivity index (χ0n) is 13.3. The Hall–Kier alpha value is -2.17. The van der Waals surface area contributed by atoms with Crippen molar-refractivity contribution >= 4 is 0 Å². The summed E-state index contributed by atoms with van der Waals surface area (Å²) in [4.78, 5) is 4.06. The van der Waals surface area contributed by atoms with Crippen LogP contribution in [0.4, 0.5) is 0 Å². The number of ether oxygens (including phenoxy) is 1. The van der Waals surface area contributed by atoms with Crippen LogP contribution in [0.1, 0.15) is 17.5 Å². The summed E-state index contributed by atoms with van der Waals surface area (Å²) < 4.78 is 5.85. The summed E-state index contributed by atoms with van der Waals surface area (Å²) in [5.74, 6) is 1.89. The second-order valence-corrected chi connectivity index (χ2v) is 5.94. The van der Waals surface area contributed by atoms with Crippen LogP contribution in [0.25, 0.3) is 0 Å². The van der Waals surface area contributed by atoms with Crippen molar-refractivity contribution in [3.05, 3.63) is 66.0 Å². The van der Waals surface area contributed by atoms with Crippen molar-refractivity contribution in [2.45, 2.75) is 25.9 Å². The molecular weight excluding hydrogens is 288 g/mol. The third kappa shape index (κ3) is 4.18. The number of aryl methyl sites for hydroxylation is 1. The summed E-state index contributed by atoms with van der Waals surface area (Å²) in [6.45, 7) is 3.09. The van der Waals surface area contributed by atoms with Crippen LogP contribution in [0.15, 0.2) is 54.9 Å². The molecule has 0 bridgehead atoms. The van der Waals surface area contributed by atoms with E-state index in [1.807, 2.05) is 25.1 Å². The molecule has 0 amide bonds. The highest BCUT2D eigenvalue weighted by Gasteiger charge is 2.17. The van der Waals surface area contributed by atoms with E-state index in [2.05, 4.69) is 34.6 Å². The van der Waals surface area contributed by atoms with Gasteiger partial charge in [-0.2, -0.15) is 0 Å². The van der Waals surface area contributed by atoms with E-state index in [1.165, 1.54) is 5.56 Å². The zero-order valence-corrected chi connectivity index (χ0v) is 13.3. The number of hydrogen-bond acceptors (Lipinski definition) is 4. The van der Waals surface area contributed by atoms with Crippen LogP contribution >= 0.6 is 0 Å². The molecule has 0 saturated heterocycles. The third-order valence-electron chi connectivity index (χ3n) is 4.08. The zero-order chi connectivity index (χ0) is 16.1. The lowest BCUT2D eigenvalue weighted by atomic mass is 10.1. The fourth-order valence-electron chi connectivity index (χ4n) is 2.78. The Kier molecular flexibility index (Phi) is 5.05. The van der Waals surface area contributed by atoms with Gasteiger partial charge in [-0.05, 0) is 42.7 Å². The highest BCUT2D eigenvalue weighted by atomic mass is 16.5. The molecule has 4 heteroatoms. The molecular formula is C19H22N2O2. The number of nitrogens with one attached hydrogen (secondary N) is 1. The van der Waals surface area contributed by atoms with Crippen molar-refractivity contribution in [3.8, 4) is 11.5 Å². The topological polar surface area (TPSA) is 54.4 Å². The number of nitrogens with zero attached hydrogens (tertiary/aromatic N) is 1. The van der Waals surface area contributed by atoms with E-state index in [0.717, 1.165) is 30.0 Å². The molecule has 3 rings (SSSR count). The van der Waals surface area contributed by atoms with Gasteiger partial charge in [0.15, 0.2) is 0 Å². The Morgan fingerprint density at radius 1 is 1.30 bits per heavy atom. The largest absolute Gasteiger partial charge is 0.455 e. The summed E-state index contributed by atoms with van der Waals surface area (Å²) in [5, 5.41) is 12.7. The molecule has 0 fully saturated rings. The van der Waals surface area contributed by atoms with Crippen molar-refractivity contribution in [3.63, 3.8) is 0 Å². The van der Waals surface area contributed by atoms with Gasteiger partial charge in [0.1, 0.15) is 11.5 Å².